The number of amides is 1. The van der Waals surface area contributed by atoms with Crippen LogP contribution in [0.15, 0.2) is 41.0 Å². The molecule has 0 fully saturated rings. The molecule has 0 aliphatic carbocycles. The number of pyridine rings is 1. The Morgan fingerprint density at radius 3 is 2.16 bits per heavy atom. The zero-order valence-electron chi connectivity index (χ0n) is 13.5. The Morgan fingerprint density at radius 1 is 1.08 bits per heavy atom. The van der Waals surface area contributed by atoms with Crippen LogP contribution in [-0.4, -0.2) is 22.8 Å². The number of nitrogens with zero attached hydrogens (tertiary/aromatic N) is 1. The van der Waals surface area contributed by atoms with Crippen LogP contribution in [0.1, 0.15) is 29.9 Å². The van der Waals surface area contributed by atoms with Crippen molar-refractivity contribution >= 4 is 33.8 Å². The van der Waals surface area contributed by atoms with Crippen LogP contribution in [0.25, 0.3) is 0 Å². The third kappa shape index (κ3) is 5.39. The largest absolute Gasteiger partial charge is 0.426 e. The normalized spacial score (nSPS) is 10.0. The maximum absolute atomic E-state index is 12.2. The van der Waals surface area contributed by atoms with E-state index in [1.54, 1.807) is 30.3 Å². The summed E-state index contributed by atoms with van der Waals surface area (Å²) in [5.41, 5.74) is 0.598. The smallest absolute Gasteiger partial charge is 0.308 e. The molecule has 0 saturated carbocycles. The second-order valence-corrected chi connectivity index (χ2v) is 5.88. The number of hydrogen-bond donors (Lipinski definition) is 1. The summed E-state index contributed by atoms with van der Waals surface area (Å²) >= 11 is 3.26. The van der Waals surface area contributed by atoms with Gasteiger partial charge in [0.1, 0.15) is 17.2 Å². The van der Waals surface area contributed by atoms with Gasteiger partial charge in [0.2, 0.25) is 0 Å². The summed E-state index contributed by atoms with van der Waals surface area (Å²) in [4.78, 5) is 38.8. The third-order valence-corrected chi connectivity index (χ3v) is 3.42. The molecule has 0 bridgehead atoms. The highest BCUT2D eigenvalue weighted by Gasteiger charge is 2.17. The van der Waals surface area contributed by atoms with Gasteiger partial charge in [-0.05, 0) is 24.3 Å². The number of halogens is 1. The molecule has 2 aromatic rings. The summed E-state index contributed by atoms with van der Waals surface area (Å²) in [7, 11) is 0. The van der Waals surface area contributed by atoms with Gasteiger partial charge in [0.15, 0.2) is 0 Å². The van der Waals surface area contributed by atoms with E-state index in [1.165, 1.54) is 20.0 Å². The van der Waals surface area contributed by atoms with Crippen LogP contribution >= 0.6 is 15.9 Å². The summed E-state index contributed by atoms with van der Waals surface area (Å²) in [6.07, 6.45) is 1.50. The standard InChI is InChI=1S/C17H15BrN2O5/c1-10(21)24-15-7-12(18)8-16(25-11(2)22)13(15)9-20-17(23)14-5-3-4-6-19-14/h3-8H,9H2,1-2H3,(H,20,23). The van der Waals surface area contributed by atoms with E-state index in [0.717, 1.165) is 0 Å². The zero-order valence-corrected chi connectivity index (χ0v) is 15.1. The molecule has 0 aliphatic rings. The lowest BCUT2D eigenvalue weighted by Crippen LogP contribution is -2.24. The minimum atomic E-state index is -0.538. The first-order chi connectivity index (χ1) is 11.9. The first-order valence-corrected chi connectivity index (χ1v) is 8.04. The topological polar surface area (TPSA) is 94.6 Å². The number of nitrogens with one attached hydrogen (secondary N) is 1. The number of rotatable bonds is 5. The van der Waals surface area contributed by atoms with Crippen molar-refractivity contribution in [3.05, 3.63) is 52.3 Å². The molecule has 1 amide bonds. The van der Waals surface area contributed by atoms with Crippen LogP contribution in [0.5, 0.6) is 11.5 Å². The van der Waals surface area contributed by atoms with E-state index < -0.39 is 17.8 Å². The van der Waals surface area contributed by atoms with Gasteiger partial charge in [-0.3, -0.25) is 19.4 Å². The van der Waals surface area contributed by atoms with Crippen molar-refractivity contribution in [2.24, 2.45) is 0 Å². The minimum Gasteiger partial charge on any atom is -0.426 e. The van der Waals surface area contributed by atoms with Crippen LogP contribution in [0, 0.1) is 0 Å². The number of carbonyl (C=O) groups excluding carboxylic acids is 3. The van der Waals surface area contributed by atoms with Crippen molar-refractivity contribution < 1.29 is 23.9 Å². The first kappa shape index (κ1) is 18.6. The van der Waals surface area contributed by atoms with Gasteiger partial charge in [-0.1, -0.05) is 22.0 Å². The predicted octanol–water partition coefficient (Wildman–Crippen LogP) is 2.62. The average Bonchev–Trinajstić information content (AvgIpc) is 2.53. The van der Waals surface area contributed by atoms with Crippen LogP contribution in [0.4, 0.5) is 0 Å². The van der Waals surface area contributed by atoms with Crippen molar-refractivity contribution in [3.63, 3.8) is 0 Å². The molecule has 1 heterocycles. The van der Waals surface area contributed by atoms with Gasteiger partial charge in [-0.2, -0.15) is 0 Å². The van der Waals surface area contributed by atoms with Crippen LogP contribution in [0.3, 0.4) is 0 Å². The second-order valence-electron chi connectivity index (χ2n) is 4.97. The quantitative estimate of drug-likeness (QED) is 0.605. The van der Waals surface area contributed by atoms with Crippen molar-refractivity contribution in [2.75, 3.05) is 0 Å². The van der Waals surface area contributed by atoms with Gasteiger partial charge in [0, 0.05) is 24.5 Å². The Labute approximate surface area is 152 Å². The lowest BCUT2D eigenvalue weighted by atomic mass is 10.1. The van der Waals surface area contributed by atoms with Gasteiger partial charge in [0.05, 0.1) is 12.1 Å². The minimum absolute atomic E-state index is 0.0199. The Hall–Kier alpha value is -2.74. The van der Waals surface area contributed by atoms with Crippen LogP contribution < -0.4 is 14.8 Å². The van der Waals surface area contributed by atoms with Gasteiger partial charge in [-0.15, -0.1) is 0 Å². The average molecular weight is 407 g/mol. The molecule has 0 atom stereocenters. The maximum Gasteiger partial charge on any atom is 0.308 e. The Bertz CT molecular complexity index is 771. The monoisotopic (exact) mass is 406 g/mol. The lowest BCUT2D eigenvalue weighted by molar-refractivity contribution is -0.132. The summed E-state index contributed by atoms with van der Waals surface area (Å²) in [6, 6.07) is 8.06. The van der Waals surface area contributed by atoms with E-state index >= 15 is 0 Å². The second kappa shape index (κ2) is 8.39. The van der Waals surface area contributed by atoms with Crippen LogP contribution in [-0.2, 0) is 16.1 Å². The summed E-state index contributed by atoms with van der Waals surface area (Å²) < 4.78 is 10.9. The van der Waals surface area contributed by atoms with E-state index in [1.807, 2.05) is 0 Å². The molecule has 0 unspecified atom stereocenters. The van der Waals surface area contributed by atoms with Crippen molar-refractivity contribution in [1.29, 1.82) is 0 Å². The fourth-order valence-electron chi connectivity index (χ4n) is 2.01. The lowest BCUT2D eigenvalue weighted by Gasteiger charge is -2.15. The number of ether oxygens (including phenoxy) is 2. The van der Waals surface area contributed by atoms with Gasteiger partial charge < -0.3 is 14.8 Å². The fraction of sp³-hybridized carbons (Fsp3) is 0.176. The molecule has 0 radical (unpaired) electrons. The Balaban J connectivity index is 2.30. The molecular weight excluding hydrogens is 392 g/mol. The Morgan fingerprint density at radius 2 is 1.68 bits per heavy atom. The van der Waals surface area contributed by atoms with Crippen molar-refractivity contribution in [1.82, 2.24) is 10.3 Å². The van der Waals surface area contributed by atoms with E-state index in [4.69, 9.17) is 9.47 Å². The van der Waals surface area contributed by atoms with Crippen molar-refractivity contribution in [3.8, 4) is 11.5 Å². The molecule has 1 aromatic carbocycles. The molecular formula is C17H15BrN2O5. The van der Waals surface area contributed by atoms with E-state index in [-0.39, 0.29) is 23.7 Å². The number of benzene rings is 1. The molecule has 1 N–H and O–H groups in total. The van der Waals surface area contributed by atoms with Crippen molar-refractivity contribution in [2.45, 2.75) is 20.4 Å². The van der Waals surface area contributed by atoms with E-state index in [9.17, 15) is 14.4 Å². The highest BCUT2D eigenvalue weighted by molar-refractivity contribution is 9.10. The SMILES string of the molecule is CC(=O)Oc1cc(Br)cc(OC(C)=O)c1CNC(=O)c1ccccn1. The number of esters is 2. The number of hydrogen-bond acceptors (Lipinski definition) is 6. The maximum atomic E-state index is 12.2. The molecule has 0 saturated heterocycles. The fourth-order valence-corrected chi connectivity index (χ4v) is 2.43. The first-order valence-electron chi connectivity index (χ1n) is 7.25. The zero-order chi connectivity index (χ0) is 18.4. The number of aromatic nitrogens is 1. The molecule has 0 aliphatic heterocycles. The molecule has 7 nitrogen and oxygen atoms in total. The highest BCUT2D eigenvalue weighted by Crippen LogP contribution is 2.33. The molecule has 130 valence electrons. The number of carbonyl (C=O) groups is 3. The van der Waals surface area contributed by atoms with E-state index in [0.29, 0.717) is 10.0 Å². The summed E-state index contributed by atoms with van der Waals surface area (Å²) in [5, 5.41) is 2.66. The predicted molar refractivity (Wildman–Crippen MR) is 92.2 cm³/mol. The highest BCUT2D eigenvalue weighted by atomic mass is 79.9. The molecule has 8 heteroatoms. The molecule has 0 spiro atoms. The molecule has 2 rings (SSSR count). The summed E-state index contributed by atoms with van der Waals surface area (Å²) in [6.45, 7) is 2.49. The van der Waals surface area contributed by atoms with Crippen LogP contribution in [0.2, 0.25) is 0 Å². The van der Waals surface area contributed by atoms with Gasteiger partial charge in [0.25, 0.3) is 5.91 Å². The van der Waals surface area contributed by atoms with Gasteiger partial charge >= 0.3 is 11.9 Å². The van der Waals surface area contributed by atoms with E-state index in [2.05, 4.69) is 26.2 Å². The molecule has 1 aromatic heterocycles. The molecule has 25 heavy (non-hydrogen) atoms. The van der Waals surface area contributed by atoms with Gasteiger partial charge in [-0.25, -0.2) is 0 Å². The Kier molecular flexibility index (Phi) is 6.24. The summed E-state index contributed by atoms with van der Waals surface area (Å²) in [5.74, 6) is -1.13. The third-order valence-electron chi connectivity index (χ3n) is 2.96.